The van der Waals surface area contributed by atoms with Crippen LogP contribution < -0.4 is 5.32 Å². The summed E-state index contributed by atoms with van der Waals surface area (Å²) < 4.78 is 0. The molecule has 4 nitrogen and oxygen atoms in total. The van der Waals surface area contributed by atoms with E-state index in [0.717, 1.165) is 19.6 Å². The fraction of sp³-hybridized carbons (Fsp3) is 0.900. The van der Waals surface area contributed by atoms with Crippen molar-refractivity contribution in [1.82, 2.24) is 10.2 Å². The van der Waals surface area contributed by atoms with Gasteiger partial charge >= 0.3 is 5.97 Å². The van der Waals surface area contributed by atoms with Crippen LogP contribution in [-0.4, -0.2) is 47.7 Å². The quantitative estimate of drug-likeness (QED) is 0.680. The molecule has 2 atom stereocenters. The number of likely N-dealkylation sites (N-methyl/N-ethyl adjacent to an activating group) is 1. The smallest absolute Gasteiger partial charge is 0.320 e. The van der Waals surface area contributed by atoms with Crippen LogP contribution in [0.1, 0.15) is 26.7 Å². The maximum absolute atomic E-state index is 10.8. The first-order valence-electron chi connectivity index (χ1n) is 5.35. The Morgan fingerprint density at radius 3 is 2.86 bits per heavy atom. The predicted molar refractivity (Wildman–Crippen MR) is 55.4 cm³/mol. The molecule has 1 heterocycles. The van der Waals surface area contributed by atoms with Crippen LogP contribution in [-0.2, 0) is 4.79 Å². The minimum atomic E-state index is -0.732. The van der Waals surface area contributed by atoms with Crippen molar-refractivity contribution in [3.8, 4) is 0 Å². The molecule has 1 saturated heterocycles. The van der Waals surface area contributed by atoms with E-state index in [1.54, 1.807) is 6.92 Å². The molecule has 82 valence electrons. The normalized spacial score (nSPS) is 24.1. The van der Waals surface area contributed by atoms with Gasteiger partial charge < -0.3 is 10.4 Å². The molecule has 0 aromatic heterocycles. The van der Waals surface area contributed by atoms with Crippen LogP contribution in [0.2, 0.25) is 0 Å². The number of nitrogens with one attached hydrogen (secondary N) is 1. The van der Waals surface area contributed by atoms with Crippen LogP contribution in [0.5, 0.6) is 0 Å². The van der Waals surface area contributed by atoms with Crippen molar-refractivity contribution in [2.75, 3.05) is 19.6 Å². The highest BCUT2D eigenvalue weighted by atomic mass is 16.4. The molecule has 4 heteroatoms. The molecule has 2 unspecified atom stereocenters. The first kappa shape index (κ1) is 11.5. The Labute approximate surface area is 85.3 Å². The van der Waals surface area contributed by atoms with Gasteiger partial charge in [0.15, 0.2) is 0 Å². The zero-order valence-electron chi connectivity index (χ0n) is 8.99. The van der Waals surface area contributed by atoms with Gasteiger partial charge in [0.1, 0.15) is 6.04 Å². The summed E-state index contributed by atoms with van der Waals surface area (Å²) in [7, 11) is 0. The Hall–Kier alpha value is -0.610. The second kappa shape index (κ2) is 5.32. The predicted octanol–water partition coefficient (Wildman–Crippen LogP) is 0.533. The summed E-state index contributed by atoms with van der Waals surface area (Å²) in [4.78, 5) is 12.8. The molecule has 0 spiro atoms. The summed E-state index contributed by atoms with van der Waals surface area (Å²) in [5, 5.41) is 12.3. The van der Waals surface area contributed by atoms with E-state index in [-0.39, 0.29) is 6.04 Å². The van der Waals surface area contributed by atoms with Gasteiger partial charge in [-0.1, -0.05) is 6.92 Å². The average Bonchev–Trinajstić information content (AvgIpc) is 2.65. The molecule has 14 heavy (non-hydrogen) atoms. The van der Waals surface area contributed by atoms with Crippen LogP contribution in [0.25, 0.3) is 0 Å². The van der Waals surface area contributed by atoms with Gasteiger partial charge in [-0.15, -0.1) is 0 Å². The van der Waals surface area contributed by atoms with E-state index in [0.29, 0.717) is 6.04 Å². The highest BCUT2D eigenvalue weighted by molar-refractivity contribution is 5.72. The van der Waals surface area contributed by atoms with E-state index in [1.807, 2.05) is 11.8 Å². The van der Waals surface area contributed by atoms with Crippen molar-refractivity contribution in [3.63, 3.8) is 0 Å². The third-order valence-electron chi connectivity index (χ3n) is 2.93. The average molecular weight is 200 g/mol. The first-order chi connectivity index (χ1) is 6.65. The van der Waals surface area contributed by atoms with Crippen molar-refractivity contribution < 1.29 is 9.90 Å². The standard InChI is InChI=1S/C10H20N2O2/c1-3-12(8(2)10(13)14)7-9-5-4-6-11-9/h8-9,11H,3-7H2,1-2H3,(H,13,14). The highest BCUT2D eigenvalue weighted by Gasteiger charge is 2.23. The molecule has 0 bridgehead atoms. The summed E-state index contributed by atoms with van der Waals surface area (Å²) >= 11 is 0. The van der Waals surface area contributed by atoms with Crippen LogP contribution >= 0.6 is 0 Å². The zero-order valence-corrected chi connectivity index (χ0v) is 8.99. The summed E-state index contributed by atoms with van der Waals surface area (Å²) in [5.41, 5.74) is 0. The summed E-state index contributed by atoms with van der Waals surface area (Å²) in [6, 6.07) is 0.110. The molecule has 1 fully saturated rings. The van der Waals surface area contributed by atoms with Gasteiger partial charge in [0, 0.05) is 12.6 Å². The Kier molecular flexibility index (Phi) is 4.35. The molecule has 0 saturated carbocycles. The molecule has 0 aliphatic carbocycles. The van der Waals surface area contributed by atoms with Crippen molar-refractivity contribution >= 4 is 5.97 Å². The van der Waals surface area contributed by atoms with E-state index in [1.165, 1.54) is 12.8 Å². The lowest BCUT2D eigenvalue weighted by Crippen LogP contribution is -2.45. The van der Waals surface area contributed by atoms with Gasteiger partial charge in [0.05, 0.1) is 0 Å². The number of carbonyl (C=O) groups is 1. The third-order valence-corrected chi connectivity index (χ3v) is 2.93. The Bertz CT molecular complexity index is 191. The first-order valence-corrected chi connectivity index (χ1v) is 5.35. The minimum absolute atomic E-state index is 0.373. The lowest BCUT2D eigenvalue weighted by Gasteiger charge is -2.27. The van der Waals surface area contributed by atoms with Gasteiger partial charge in [0.2, 0.25) is 0 Å². The molecule has 2 N–H and O–H groups in total. The molecular weight excluding hydrogens is 180 g/mol. The van der Waals surface area contributed by atoms with Crippen molar-refractivity contribution in [1.29, 1.82) is 0 Å². The fourth-order valence-electron chi connectivity index (χ4n) is 1.91. The maximum Gasteiger partial charge on any atom is 0.320 e. The molecule has 1 rings (SSSR count). The number of aliphatic carboxylic acids is 1. The van der Waals surface area contributed by atoms with Gasteiger partial charge in [-0.2, -0.15) is 0 Å². The second-order valence-corrected chi connectivity index (χ2v) is 3.90. The van der Waals surface area contributed by atoms with Gasteiger partial charge in [0.25, 0.3) is 0 Å². The Morgan fingerprint density at radius 2 is 2.43 bits per heavy atom. The van der Waals surface area contributed by atoms with Crippen LogP contribution in [0, 0.1) is 0 Å². The number of carboxylic acid groups (broad SMARTS) is 1. The molecule has 0 radical (unpaired) electrons. The lowest BCUT2D eigenvalue weighted by atomic mass is 10.2. The monoisotopic (exact) mass is 200 g/mol. The van der Waals surface area contributed by atoms with E-state index in [4.69, 9.17) is 5.11 Å². The zero-order chi connectivity index (χ0) is 10.6. The number of hydrogen-bond donors (Lipinski definition) is 2. The van der Waals surface area contributed by atoms with Crippen LogP contribution in [0.3, 0.4) is 0 Å². The topological polar surface area (TPSA) is 52.6 Å². The molecular formula is C10H20N2O2. The van der Waals surface area contributed by atoms with Gasteiger partial charge in [-0.25, -0.2) is 0 Å². The van der Waals surface area contributed by atoms with E-state index in [9.17, 15) is 4.79 Å². The number of rotatable bonds is 5. The molecule has 1 aliphatic heterocycles. The van der Waals surface area contributed by atoms with Crippen LogP contribution in [0.15, 0.2) is 0 Å². The van der Waals surface area contributed by atoms with E-state index < -0.39 is 5.97 Å². The minimum Gasteiger partial charge on any atom is -0.480 e. The number of hydrogen-bond acceptors (Lipinski definition) is 3. The maximum atomic E-state index is 10.8. The molecule has 0 amide bonds. The second-order valence-electron chi connectivity index (χ2n) is 3.90. The van der Waals surface area contributed by atoms with E-state index >= 15 is 0 Å². The summed E-state index contributed by atoms with van der Waals surface area (Å²) in [5.74, 6) is -0.732. The molecule has 0 aromatic carbocycles. The van der Waals surface area contributed by atoms with Gasteiger partial charge in [-0.05, 0) is 32.9 Å². The Balaban J connectivity index is 2.40. The Morgan fingerprint density at radius 1 is 1.71 bits per heavy atom. The third kappa shape index (κ3) is 2.96. The van der Waals surface area contributed by atoms with E-state index in [2.05, 4.69) is 5.32 Å². The van der Waals surface area contributed by atoms with Crippen molar-refractivity contribution in [2.24, 2.45) is 0 Å². The molecule has 1 aliphatic rings. The van der Waals surface area contributed by atoms with Crippen LogP contribution in [0.4, 0.5) is 0 Å². The lowest BCUT2D eigenvalue weighted by molar-refractivity contribution is -0.142. The largest absolute Gasteiger partial charge is 0.480 e. The van der Waals surface area contributed by atoms with Crippen molar-refractivity contribution in [2.45, 2.75) is 38.8 Å². The fourth-order valence-corrected chi connectivity index (χ4v) is 1.91. The molecule has 0 aromatic rings. The number of carboxylic acids is 1. The number of nitrogens with zero attached hydrogens (tertiary/aromatic N) is 1. The highest BCUT2D eigenvalue weighted by Crippen LogP contribution is 2.09. The van der Waals surface area contributed by atoms with Gasteiger partial charge in [-0.3, -0.25) is 9.69 Å². The summed E-state index contributed by atoms with van der Waals surface area (Å²) in [6.07, 6.45) is 2.38. The SMILES string of the molecule is CCN(CC1CCCN1)C(C)C(=O)O. The van der Waals surface area contributed by atoms with Crippen molar-refractivity contribution in [3.05, 3.63) is 0 Å². The summed E-state index contributed by atoms with van der Waals surface area (Å²) in [6.45, 7) is 6.48.